The van der Waals surface area contributed by atoms with Crippen LogP contribution in [0.1, 0.15) is 16.8 Å². The summed E-state index contributed by atoms with van der Waals surface area (Å²) in [5.74, 6) is -0.0453. The lowest BCUT2D eigenvalue weighted by atomic mass is 10.2. The van der Waals surface area contributed by atoms with Gasteiger partial charge in [0.2, 0.25) is 0 Å². The van der Waals surface area contributed by atoms with Crippen molar-refractivity contribution < 1.29 is 4.79 Å². The highest BCUT2D eigenvalue weighted by Crippen LogP contribution is 2.19. The Morgan fingerprint density at radius 2 is 2.32 bits per heavy atom. The van der Waals surface area contributed by atoms with Crippen LogP contribution < -0.4 is 5.32 Å². The van der Waals surface area contributed by atoms with Crippen molar-refractivity contribution in [3.8, 4) is 0 Å². The van der Waals surface area contributed by atoms with E-state index in [2.05, 4.69) is 48.8 Å². The first-order valence-corrected chi connectivity index (χ1v) is 7.73. The molecule has 0 bridgehead atoms. The summed E-state index contributed by atoms with van der Waals surface area (Å²) in [5.41, 5.74) is 0.675. The molecule has 0 atom stereocenters. The maximum absolute atomic E-state index is 12.0. The molecule has 19 heavy (non-hydrogen) atoms. The zero-order chi connectivity index (χ0) is 13.7. The van der Waals surface area contributed by atoms with Crippen LogP contribution in [-0.2, 0) is 6.54 Å². The minimum Gasteiger partial charge on any atom is -0.352 e. The van der Waals surface area contributed by atoms with Crippen LogP contribution in [0.5, 0.6) is 0 Å². The zero-order valence-corrected chi connectivity index (χ0v) is 13.9. The highest BCUT2D eigenvalue weighted by molar-refractivity contribution is 14.1. The van der Waals surface area contributed by atoms with E-state index in [1.54, 1.807) is 12.5 Å². The van der Waals surface area contributed by atoms with Crippen LogP contribution in [0, 0.1) is 3.57 Å². The summed E-state index contributed by atoms with van der Waals surface area (Å²) < 4.78 is 3.86. The number of nitrogens with zero attached hydrogens (tertiary/aromatic N) is 2. The van der Waals surface area contributed by atoms with Crippen molar-refractivity contribution in [3.63, 3.8) is 0 Å². The summed E-state index contributed by atoms with van der Waals surface area (Å²) in [6, 6.07) is 5.72. The first-order chi connectivity index (χ1) is 9.16. The number of rotatable bonds is 5. The van der Waals surface area contributed by atoms with E-state index in [-0.39, 0.29) is 5.91 Å². The molecule has 6 heteroatoms. The molecule has 0 spiro atoms. The molecule has 0 unspecified atom stereocenters. The molecule has 0 aliphatic rings. The van der Waals surface area contributed by atoms with Gasteiger partial charge in [0.15, 0.2) is 0 Å². The number of halogens is 2. The topological polar surface area (TPSA) is 46.9 Å². The second-order valence-corrected chi connectivity index (χ2v) is 6.13. The standard InChI is InChI=1S/C13H13BrIN3O/c14-12-3-2-10(15)8-11(12)13(19)17-4-1-6-18-7-5-16-9-18/h2-3,5,7-9H,1,4,6H2,(H,17,19). The minimum atomic E-state index is -0.0453. The van der Waals surface area contributed by atoms with Gasteiger partial charge in [-0.3, -0.25) is 4.79 Å². The number of imidazole rings is 1. The van der Waals surface area contributed by atoms with E-state index in [0.29, 0.717) is 12.1 Å². The van der Waals surface area contributed by atoms with E-state index in [0.717, 1.165) is 21.0 Å². The molecule has 2 aromatic rings. The van der Waals surface area contributed by atoms with Gasteiger partial charge < -0.3 is 9.88 Å². The number of carbonyl (C=O) groups is 1. The smallest absolute Gasteiger partial charge is 0.252 e. The van der Waals surface area contributed by atoms with Crippen LogP contribution in [0.4, 0.5) is 0 Å². The Balaban J connectivity index is 1.82. The Morgan fingerprint density at radius 3 is 3.05 bits per heavy atom. The predicted octanol–water partition coefficient (Wildman–Crippen LogP) is 3.07. The average molecular weight is 434 g/mol. The summed E-state index contributed by atoms with van der Waals surface area (Å²) in [6.45, 7) is 1.50. The molecule has 1 amide bonds. The second kappa shape index (κ2) is 7.04. The summed E-state index contributed by atoms with van der Waals surface area (Å²) >= 11 is 5.59. The minimum absolute atomic E-state index is 0.0453. The fourth-order valence-corrected chi connectivity index (χ4v) is 2.57. The van der Waals surface area contributed by atoms with Crippen molar-refractivity contribution in [1.29, 1.82) is 0 Å². The monoisotopic (exact) mass is 433 g/mol. The molecule has 1 aromatic heterocycles. The third-order valence-corrected chi connectivity index (χ3v) is 3.97. The van der Waals surface area contributed by atoms with E-state index in [4.69, 9.17) is 0 Å². The maximum Gasteiger partial charge on any atom is 0.252 e. The SMILES string of the molecule is O=C(NCCCn1ccnc1)c1cc(I)ccc1Br. The van der Waals surface area contributed by atoms with Gasteiger partial charge in [0, 0.05) is 33.5 Å². The summed E-state index contributed by atoms with van der Waals surface area (Å²) in [7, 11) is 0. The molecular formula is C13H13BrIN3O. The Morgan fingerprint density at radius 1 is 1.47 bits per heavy atom. The van der Waals surface area contributed by atoms with Gasteiger partial charge in [0.1, 0.15) is 0 Å². The number of aromatic nitrogens is 2. The lowest BCUT2D eigenvalue weighted by molar-refractivity contribution is 0.0952. The van der Waals surface area contributed by atoms with Gasteiger partial charge >= 0.3 is 0 Å². The van der Waals surface area contributed by atoms with E-state index < -0.39 is 0 Å². The Kier molecular flexibility index (Phi) is 5.38. The number of aryl methyl sites for hydroxylation is 1. The van der Waals surface area contributed by atoms with Crippen LogP contribution in [0.3, 0.4) is 0 Å². The first kappa shape index (κ1) is 14.5. The number of nitrogens with one attached hydrogen (secondary N) is 1. The van der Waals surface area contributed by atoms with Crippen molar-refractivity contribution in [3.05, 3.63) is 50.5 Å². The fraction of sp³-hybridized carbons (Fsp3) is 0.231. The third-order valence-electron chi connectivity index (χ3n) is 2.61. The second-order valence-electron chi connectivity index (χ2n) is 4.03. The number of carbonyl (C=O) groups excluding carboxylic acids is 1. The highest BCUT2D eigenvalue weighted by Gasteiger charge is 2.09. The molecule has 1 aromatic carbocycles. The summed E-state index contributed by atoms with van der Waals surface area (Å²) in [4.78, 5) is 16.0. The van der Waals surface area contributed by atoms with Crippen LogP contribution in [-0.4, -0.2) is 22.0 Å². The molecule has 0 saturated carbocycles. The van der Waals surface area contributed by atoms with Crippen molar-refractivity contribution in [2.75, 3.05) is 6.54 Å². The Hall–Kier alpha value is -0.890. The molecule has 1 heterocycles. The molecule has 0 fully saturated rings. The third kappa shape index (κ3) is 4.31. The molecule has 4 nitrogen and oxygen atoms in total. The largest absolute Gasteiger partial charge is 0.352 e. The Labute approximate surface area is 133 Å². The predicted molar refractivity (Wildman–Crippen MR) is 86.0 cm³/mol. The van der Waals surface area contributed by atoms with Crippen molar-refractivity contribution in [2.45, 2.75) is 13.0 Å². The summed E-state index contributed by atoms with van der Waals surface area (Å²) in [5, 5.41) is 2.92. The number of benzene rings is 1. The molecule has 100 valence electrons. The maximum atomic E-state index is 12.0. The van der Waals surface area contributed by atoms with Gasteiger partial charge in [0.05, 0.1) is 11.9 Å². The first-order valence-electron chi connectivity index (χ1n) is 5.86. The number of hydrogen-bond acceptors (Lipinski definition) is 2. The zero-order valence-electron chi connectivity index (χ0n) is 10.1. The van der Waals surface area contributed by atoms with Crippen LogP contribution in [0.15, 0.2) is 41.4 Å². The quantitative estimate of drug-likeness (QED) is 0.581. The molecule has 0 saturated heterocycles. The van der Waals surface area contributed by atoms with Gasteiger partial charge in [-0.05, 0) is 63.1 Å². The van der Waals surface area contributed by atoms with Crippen molar-refractivity contribution in [2.24, 2.45) is 0 Å². The van der Waals surface area contributed by atoms with Crippen LogP contribution in [0.2, 0.25) is 0 Å². The molecule has 0 aliphatic heterocycles. The molecule has 1 N–H and O–H groups in total. The number of amides is 1. The fourth-order valence-electron chi connectivity index (χ4n) is 1.65. The van der Waals surface area contributed by atoms with E-state index in [1.165, 1.54) is 0 Å². The lowest BCUT2D eigenvalue weighted by Gasteiger charge is -2.07. The lowest BCUT2D eigenvalue weighted by Crippen LogP contribution is -2.25. The molecular weight excluding hydrogens is 421 g/mol. The van der Waals surface area contributed by atoms with Gasteiger partial charge in [0.25, 0.3) is 5.91 Å². The van der Waals surface area contributed by atoms with E-state index in [9.17, 15) is 4.79 Å². The normalized spacial score (nSPS) is 10.4. The van der Waals surface area contributed by atoms with Gasteiger partial charge in [-0.1, -0.05) is 0 Å². The van der Waals surface area contributed by atoms with Crippen molar-refractivity contribution in [1.82, 2.24) is 14.9 Å². The van der Waals surface area contributed by atoms with Crippen molar-refractivity contribution >= 4 is 44.4 Å². The summed E-state index contributed by atoms with van der Waals surface area (Å²) in [6.07, 6.45) is 6.32. The number of hydrogen-bond donors (Lipinski definition) is 1. The molecule has 0 radical (unpaired) electrons. The van der Waals surface area contributed by atoms with E-state index in [1.807, 2.05) is 29.0 Å². The van der Waals surface area contributed by atoms with Gasteiger partial charge in [-0.25, -0.2) is 4.98 Å². The van der Waals surface area contributed by atoms with E-state index >= 15 is 0 Å². The van der Waals surface area contributed by atoms with Gasteiger partial charge in [-0.2, -0.15) is 0 Å². The van der Waals surface area contributed by atoms with Gasteiger partial charge in [-0.15, -0.1) is 0 Å². The van der Waals surface area contributed by atoms with Crippen LogP contribution >= 0.6 is 38.5 Å². The Bertz CT molecular complexity index is 557. The highest BCUT2D eigenvalue weighted by atomic mass is 127. The molecule has 0 aliphatic carbocycles. The average Bonchev–Trinajstić information content (AvgIpc) is 2.90. The van der Waals surface area contributed by atoms with Crippen LogP contribution in [0.25, 0.3) is 0 Å². The molecule has 2 rings (SSSR count).